The number of aromatic nitrogens is 1. The minimum Gasteiger partial charge on any atom is -0.307 e. The monoisotopic (exact) mass is 401 g/mol. The molecule has 0 radical (unpaired) electrons. The molecule has 1 amide bonds. The number of rotatable bonds is 5. The Bertz CT molecular complexity index is 1100. The van der Waals surface area contributed by atoms with Gasteiger partial charge in [0.1, 0.15) is 5.82 Å². The summed E-state index contributed by atoms with van der Waals surface area (Å²) in [6.45, 7) is 1.81. The predicted octanol–water partition coefficient (Wildman–Crippen LogP) is 4.10. The standard InChI is InChI=1S/C19H16ClN3O3S/c1-13-6-4-11-18(21-13)22-19(24)14-7-5-8-15(12-14)27(25,26)23-17-10-3-2-9-16(17)20/h2-12,23H,1H3,(H,21,22,24). The molecular formula is C19H16ClN3O3S. The summed E-state index contributed by atoms with van der Waals surface area (Å²) in [6.07, 6.45) is 0. The van der Waals surface area contributed by atoms with E-state index in [0.29, 0.717) is 5.82 Å². The number of sulfonamides is 1. The van der Waals surface area contributed by atoms with Gasteiger partial charge in [-0.3, -0.25) is 9.52 Å². The third-order valence-corrected chi connectivity index (χ3v) is 5.35. The van der Waals surface area contributed by atoms with Gasteiger partial charge < -0.3 is 5.32 Å². The van der Waals surface area contributed by atoms with Crippen molar-refractivity contribution in [1.82, 2.24) is 4.98 Å². The molecule has 0 spiro atoms. The second-order valence-corrected chi connectivity index (χ2v) is 7.82. The normalized spacial score (nSPS) is 11.0. The number of hydrogen-bond acceptors (Lipinski definition) is 4. The molecule has 0 aliphatic heterocycles. The highest BCUT2D eigenvalue weighted by atomic mass is 35.5. The fraction of sp³-hybridized carbons (Fsp3) is 0.0526. The zero-order valence-corrected chi connectivity index (χ0v) is 15.9. The van der Waals surface area contributed by atoms with Crippen LogP contribution in [0.1, 0.15) is 16.1 Å². The molecule has 0 aliphatic rings. The smallest absolute Gasteiger partial charge is 0.261 e. The van der Waals surface area contributed by atoms with E-state index in [-0.39, 0.29) is 21.2 Å². The molecule has 138 valence electrons. The van der Waals surface area contributed by atoms with Crippen molar-refractivity contribution in [2.45, 2.75) is 11.8 Å². The summed E-state index contributed by atoms with van der Waals surface area (Å²) in [5.74, 6) is -0.0645. The first-order valence-corrected chi connectivity index (χ1v) is 9.84. The van der Waals surface area contributed by atoms with Crippen molar-refractivity contribution in [2.75, 3.05) is 10.0 Å². The second-order valence-electron chi connectivity index (χ2n) is 5.73. The fourth-order valence-corrected chi connectivity index (χ4v) is 3.72. The average Bonchev–Trinajstić information content (AvgIpc) is 2.64. The minimum atomic E-state index is -3.90. The van der Waals surface area contributed by atoms with Crippen molar-refractivity contribution in [3.05, 3.63) is 83.0 Å². The molecule has 0 saturated carbocycles. The molecule has 3 rings (SSSR count). The van der Waals surface area contributed by atoms with E-state index in [2.05, 4.69) is 15.0 Å². The highest BCUT2D eigenvalue weighted by Gasteiger charge is 2.18. The molecule has 2 N–H and O–H groups in total. The first kappa shape index (κ1) is 18.9. The number of carbonyl (C=O) groups is 1. The summed E-state index contributed by atoms with van der Waals surface area (Å²) in [7, 11) is -3.90. The van der Waals surface area contributed by atoms with Crippen LogP contribution in [0.5, 0.6) is 0 Å². The van der Waals surface area contributed by atoms with Crippen LogP contribution in [-0.2, 0) is 10.0 Å². The topological polar surface area (TPSA) is 88.2 Å². The Morgan fingerprint density at radius 2 is 1.74 bits per heavy atom. The van der Waals surface area contributed by atoms with E-state index in [0.717, 1.165) is 5.69 Å². The number of carbonyl (C=O) groups excluding carboxylic acids is 1. The van der Waals surface area contributed by atoms with Gasteiger partial charge in [-0.05, 0) is 49.4 Å². The molecule has 8 heteroatoms. The number of pyridine rings is 1. The first-order valence-electron chi connectivity index (χ1n) is 7.97. The Labute approximate surface area is 162 Å². The van der Waals surface area contributed by atoms with Crippen LogP contribution in [0.25, 0.3) is 0 Å². The lowest BCUT2D eigenvalue weighted by molar-refractivity contribution is 0.102. The summed E-state index contributed by atoms with van der Waals surface area (Å²) >= 11 is 6.00. The molecule has 0 saturated heterocycles. The van der Waals surface area contributed by atoms with Gasteiger partial charge in [0, 0.05) is 11.3 Å². The van der Waals surface area contributed by atoms with Gasteiger partial charge >= 0.3 is 0 Å². The Balaban J connectivity index is 1.84. The fourth-order valence-electron chi connectivity index (χ4n) is 2.35. The van der Waals surface area contributed by atoms with E-state index in [9.17, 15) is 13.2 Å². The molecule has 6 nitrogen and oxygen atoms in total. The van der Waals surface area contributed by atoms with E-state index in [1.54, 1.807) is 36.4 Å². The Kier molecular flexibility index (Phi) is 5.43. The Hall–Kier alpha value is -2.90. The van der Waals surface area contributed by atoms with E-state index >= 15 is 0 Å². The van der Waals surface area contributed by atoms with Gasteiger partial charge in [0.15, 0.2) is 0 Å². The molecule has 2 aromatic carbocycles. The number of aryl methyl sites for hydroxylation is 1. The Morgan fingerprint density at radius 1 is 1.00 bits per heavy atom. The highest BCUT2D eigenvalue weighted by Crippen LogP contribution is 2.24. The lowest BCUT2D eigenvalue weighted by Crippen LogP contribution is -2.16. The lowest BCUT2D eigenvalue weighted by Gasteiger charge is -2.11. The maximum absolute atomic E-state index is 12.6. The van der Waals surface area contributed by atoms with Gasteiger partial charge in [-0.15, -0.1) is 0 Å². The quantitative estimate of drug-likeness (QED) is 0.673. The summed E-state index contributed by atoms with van der Waals surface area (Å²) < 4.78 is 27.7. The maximum Gasteiger partial charge on any atom is 0.261 e. The molecule has 27 heavy (non-hydrogen) atoms. The summed E-state index contributed by atoms with van der Waals surface area (Å²) in [5, 5.41) is 2.93. The number of para-hydroxylation sites is 1. The summed E-state index contributed by atoms with van der Waals surface area (Å²) in [4.78, 5) is 16.6. The predicted molar refractivity (Wildman–Crippen MR) is 106 cm³/mol. The first-order chi connectivity index (χ1) is 12.8. The van der Waals surface area contributed by atoms with E-state index in [4.69, 9.17) is 11.6 Å². The second kappa shape index (κ2) is 7.77. The van der Waals surface area contributed by atoms with Crippen molar-refractivity contribution in [1.29, 1.82) is 0 Å². The van der Waals surface area contributed by atoms with Crippen molar-refractivity contribution >= 4 is 39.0 Å². The molecular weight excluding hydrogens is 386 g/mol. The minimum absolute atomic E-state index is 0.0488. The van der Waals surface area contributed by atoms with E-state index in [1.165, 1.54) is 24.3 Å². The largest absolute Gasteiger partial charge is 0.307 e. The highest BCUT2D eigenvalue weighted by molar-refractivity contribution is 7.92. The van der Waals surface area contributed by atoms with Gasteiger partial charge in [-0.25, -0.2) is 13.4 Å². The van der Waals surface area contributed by atoms with Crippen LogP contribution in [0.3, 0.4) is 0 Å². The lowest BCUT2D eigenvalue weighted by atomic mass is 10.2. The number of hydrogen-bond donors (Lipinski definition) is 2. The third-order valence-electron chi connectivity index (χ3n) is 3.65. The van der Waals surface area contributed by atoms with E-state index < -0.39 is 15.9 Å². The Morgan fingerprint density at radius 3 is 2.48 bits per heavy atom. The number of anilines is 2. The van der Waals surface area contributed by atoms with E-state index in [1.807, 2.05) is 13.0 Å². The number of nitrogens with one attached hydrogen (secondary N) is 2. The molecule has 3 aromatic rings. The SMILES string of the molecule is Cc1cccc(NC(=O)c2cccc(S(=O)(=O)Nc3ccccc3Cl)c2)n1. The number of nitrogens with zero attached hydrogens (tertiary/aromatic N) is 1. The summed E-state index contributed by atoms with van der Waals surface area (Å²) in [5.41, 5.74) is 1.21. The third kappa shape index (κ3) is 4.64. The van der Waals surface area contributed by atoms with Gasteiger partial charge in [0.05, 0.1) is 15.6 Å². The van der Waals surface area contributed by atoms with Crippen LogP contribution in [0.15, 0.2) is 71.6 Å². The molecule has 0 atom stereocenters. The van der Waals surface area contributed by atoms with Gasteiger partial charge in [-0.2, -0.15) is 0 Å². The molecule has 1 aromatic heterocycles. The number of benzene rings is 2. The van der Waals surface area contributed by atoms with Gasteiger partial charge in [-0.1, -0.05) is 35.9 Å². The van der Waals surface area contributed by atoms with Crippen LogP contribution < -0.4 is 10.0 Å². The van der Waals surface area contributed by atoms with Crippen LogP contribution in [-0.4, -0.2) is 19.3 Å². The summed E-state index contributed by atoms with van der Waals surface area (Å²) in [6, 6.07) is 17.5. The molecule has 0 fully saturated rings. The molecule has 0 bridgehead atoms. The molecule has 0 aliphatic carbocycles. The van der Waals surface area contributed by atoms with Crippen LogP contribution >= 0.6 is 11.6 Å². The number of halogens is 1. The van der Waals surface area contributed by atoms with Gasteiger partial charge in [0.2, 0.25) is 0 Å². The zero-order chi connectivity index (χ0) is 19.4. The van der Waals surface area contributed by atoms with Gasteiger partial charge in [0.25, 0.3) is 15.9 Å². The number of amides is 1. The van der Waals surface area contributed by atoms with Crippen LogP contribution in [0.4, 0.5) is 11.5 Å². The van der Waals surface area contributed by atoms with Crippen molar-refractivity contribution in [3.8, 4) is 0 Å². The van der Waals surface area contributed by atoms with Crippen molar-refractivity contribution in [2.24, 2.45) is 0 Å². The molecule has 1 heterocycles. The molecule has 0 unspecified atom stereocenters. The maximum atomic E-state index is 12.6. The van der Waals surface area contributed by atoms with Crippen LogP contribution in [0, 0.1) is 6.92 Å². The van der Waals surface area contributed by atoms with Crippen molar-refractivity contribution in [3.63, 3.8) is 0 Å². The average molecular weight is 402 g/mol. The van der Waals surface area contributed by atoms with Crippen molar-refractivity contribution < 1.29 is 13.2 Å². The zero-order valence-electron chi connectivity index (χ0n) is 14.3. The van der Waals surface area contributed by atoms with Crippen LogP contribution in [0.2, 0.25) is 5.02 Å².